The molecule has 1 atom stereocenters. The lowest BCUT2D eigenvalue weighted by Crippen LogP contribution is -2.47. The number of nitrogens with zero attached hydrogens (tertiary/aromatic N) is 1. The van der Waals surface area contributed by atoms with Crippen LogP contribution in [0.3, 0.4) is 0 Å². The smallest absolute Gasteiger partial charge is 0.311 e. The van der Waals surface area contributed by atoms with Gasteiger partial charge in [0.15, 0.2) is 0 Å². The Balaban J connectivity index is 2.24. The normalized spacial score (nSPS) is 27.0. The molecule has 1 heterocycles. The fraction of sp³-hybridized carbons (Fsp3) is 1.00. The third-order valence-corrected chi connectivity index (χ3v) is 1.21. The van der Waals surface area contributed by atoms with Crippen molar-refractivity contribution in [2.24, 2.45) is 0 Å². The van der Waals surface area contributed by atoms with E-state index in [2.05, 4.69) is 15.4 Å². The topological polar surface area (TPSA) is 35.4 Å². The molecular weight excluding hydrogens is 161 g/mol. The predicted molar refractivity (Wildman–Crippen MR) is 30.8 cm³/mol. The van der Waals surface area contributed by atoms with Crippen molar-refractivity contribution in [1.82, 2.24) is 10.6 Å². The van der Waals surface area contributed by atoms with E-state index in [9.17, 15) is 13.2 Å². The molecule has 1 N–H and O–H groups in total. The Morgan fingerprint density at radius 2 is 2.18 bits per heavy atom. The van der Waals surface area contributed by atoms with Gasteiger partial charge in [-0.3, -0.25) is 4.74 Å². The maximum atomic E-state index is 11.5. The van der Waals surface area contributed by atoms with Crippen LogP contribution in [0.25, 0.3) is 0 Å². The Labute approximate surface area is 61.9 Å². The fourth-order valence-corrected chi connectivity index (χ4v) is 0.811. The summed E-state index contributed by atoms with van der Waals surface area (Å²) in [6.07, 6.45) is -5.64. The van der Waals surface area contributed by atoms with Gasteiger partial charge in [0.05, 0.1) is 0 Å². The average Bonchev–Trinajstić information content (AvgIpc) is 1.85. The van der Waals surface area contributed by atoms with Crippen LogP contribution in [0.4, 0.5) is 13.2 Å². The van der Waals surface area contributed by atoms with Crippen LogP contribution in [0, 0.1) is 0 Å². The van der Waals surface area contributed by atoms with Crippen molar-refractivity contribution in [3.8, 4) is 0 Å². The molecule has 1 aliphatic rings. The van der Waals surface area contributed by atoms with Crippen LogP contribution in [-0.2, 0) is 4.74 Å². The van der Waals surface area contributed by atoms with E-state index in [0.29, 0.717) is 13.1 Å². The molecule has 0 aliphatic carbocycles. The third kappa shape index (κ3) is 3.54. The van der Waals surface area contributed by atoms with Crippen LogP contribution in [-0.4, -0.2) is 32.2 Å². The molecular formula is C5H8F3N2O. The van der Waals surface area contributed by atoms with E-state index in [1.807, 2.05) is 0 Å². The first kappa shape index (κ1) is 8.76. The summed E-state index contributed by atoms with van der Waals surface area (Å²) in [6, 6.07) is 0. The molecule has 0 aromatic heterocycles. The molecule has 1 rings (SSSR count). The van der Waals surface area contributed by atoms with Crippen LogP contribution < -0.4 is 10.6 Å². The first-order valence-corrected chi connectivity index (χ1v) is 3.20. The monoisotopic (exact) mass is 169 g/mol. The second-order valence-corrected chi connectivity index (χ2v) is 2.13. The highest BCUT2D eigenvalue weighted by Gasteiger charge is 2.34. The maximum absolute atomic E-state index is 11.5. The van der Waals surface area contributed by atoms with E-state index < -0.39 is 12.6 Å². The molecule has 0 saturated carbocycles. The Kier molecular flexibility index (Phi) is 2.69. The number of rotatable bonds is 1. The molecule has 3 nitrogen and oxygen atoms in total. The van der Waals surface area contributed by atoms with E-state index in [1.165, 1.54) is 0 Å². The minimum absolute atomic E-state index is 0.138. The Bertz CT molecular complexity index is 121. The second-order valence-electron chi connectivity index (χ2n) is 2.13. The molecule has 1 saturated heterocycles. The van der Waals surface area contributed by atoms with E-state index in [1.54, 1.807) is 0 Å². The van der Waals surface area contributed by atoms with Crippen LogP contribution in [0.15, 0.2) is 0 Å². The van der Waals surface area contributed by atoms with Crippen LogP contribution in [0.2, 0.25) is 0 Å². The number of ether oxygens (including phenoxy) is 1. The summed E-state index contributed by atoms with van der Waals surface area (Å²) in [4.78, 5) is 0. The lowest BCUT2D eigenvalue weighted by molar-refractivity contribution is -0.347. The van der Waals surface area contributed by atoms with Gasteiger partial charge in [0.1, 0.15) is 6.23 Å². The molecule has 1 unspecified atom stereocenters. The molecule has 11 heavy (non-hydrogen) atoms. The van der Waals surface area contributed by atoms with Gasteiger partial charge in [-0.25, -0.2) is 5.32 Å². The molecule has 0 bridgehead atoms. The summed E-state index contributed by atoms with van der Waals surface area (Å²) in [5.41, 5.74) is 0. The highest BCUT2D eigenvalue weighted by atomic mass is 19.4. The number of halogens is 3. The number of hydrogen-bond donors (Lipinski definition) is 1. The standard InChI is InChI=1S/C5H8F3N2O/c6-5(7,8)11-4-3-9-1-2-10-4/h4,9H,1-3H2. The third-order valence-electron chi connectivity index (χ3n) is 1.21. The average molecular weight is 169 g/mol. The summed E-state index contributed by atoms with van der Waals surface area (Å²) >= 11 is 0. The van der Waals surface area contributed by atoms with Crippen molar-refractivity contribution < 1.29 is 17.9 Å². The zero-order valence-corrected chi connectivity index (χ0v) is 5.69. The molecule has 1 aliphatic heterocycles. The molecule has 1 radical (unpaired) electrons. The molecule has 0 aromatic rings. The number of alkyl halides is 3. The zero-order chi connectivity index (χ0) is 8.32. The highest BCUT2D eigenvalue weighted by Crippen LogP contribution is 2.18. The summed E-state index contributed by atoms with van der Waals surface area (Å²) in [7, 11) is 0. The minimum atomic E-state index is -4.58. The molecule has 65 valence electrons. The van der Waals surface area contributed by atoms with Crippen molar-refractivity contribution in [1.29, 1.82) is 0 Å². The Morgan fingerprint density at radius 3 is 2.64 bits per heavy atom. The van der Waals surface area contributed by atoms with Crippen LogP contribution in [0.1, 0.15) is 0 Å². The Morgan fingerprint density at radius 1 is 1.45 bits per heavy atom. The Hall–Kier alpha value is -0.330. The number of piperazine rings is 1. The van der Waals surface area contributed by atoms with Crippen LogP contribution in [0.5, 0.6) is 0 Å². The predicted octanol–water partition coefficient (Wildman–Crippen LogP) is 0.0565. The van der Waals surface area contributed by atoms with E-state index in [0.717, 1.165) is 0 Å². The van der Waals surface area contributed by atoms with Gasteiger partial charge in [-0.2, -0.15) is 0 Å². The number of nitrogens with one attached hydrogen (secondary N) is 1. The summed E-state index contributed by atoms with van der Waals surface area (Å²) < 4.78 is 38.2. The second kappa shape index (κ2) is 3.38. The van der Waals surface area contributed by atoms with Gasteiger partial charge < -0.3 is 5.32 Å². The molecule has 0 amide bonds. The summed E-state index contributed by atoms with van der Waals surface area (Å²) in [5.74, 6) is 0. The zero-order valence-electron chi connectivity index (χ0n) is 5.69. The summed E-state index contributed by atoms with van der Waals surface area (Å²) in [6.45, 7) is 1.14. The lowest BCUT2D eigenvalue weighted by Gasteiger charge is -2.23. The summed E-state index contributed by atoms with van der Waals surface area (Å²) in [5, 5.41) is 6.35. The van der Waals surface area contributed by atoms with Gasteiger partial charge in [-0.05, 0) is 0 Å². The van der Waals surface area contributed by atoms with Gasteiger partial charge >= 0.3 is 6.36 Å². The van der Waals surface area contributed by atoms with E-state index in [4.69, 9.17) is 0 Å². The molecule has 0 aromatic carbocycles. The first-order chi connectivity index (χ1) is 5.08. The lowest BCUT2D eigenvalue weighted by atomic mass is 10.4. The largest absolute Gasteiger partial charge is 0.524 e. The van der Waals surface area contributed by atoms with Gasteiger partial charge in [0.25, 0.3) is 0 Å². The van der Waals surface area contributed by atoms with Crippen molar-refractivity contribution >= 4 is 0 Å². The molecule has 1 fully saturated rings. The molecule has 0 spiro atoms. The highest BCUT2D eigenvalue weighted by molar-refractivity contribution is 4.66. The van der Waals surface area contributed by atoms with Crippen LogP contribution >= 0.6 is 0 Å². The van der Waals surface area contributed by atoms with Gasteiger partial charge in [0, 0.05) is 19.6 Å². The SMILES string of the molecule is FC(F)(F)OC1CNCC[N]1. The van der Waals surface area contributed by atoms with Crippen molar-refractivity contribution in [3.63, 3.8) is 0 Å². The first-order valence-electron chi connectivity index (χ1n) is 3.20. The van der Waals surface area contributed by atoms with Crippen molar-refractivity contribution in [3.05, 3.63) is 0 Å². The van der Waals surface area contributed by atoms with Gasteiger partial charge in [-0.15, -0.1) is 13.2 Å². The van der Waals surface area contributed by atoms with Gasteiger partial charge in [-0.1, -0.05) is 0 Å². The maximum Gasteiger partial charge on any atom is 0.524 e. The van der Waals surface area contributed by atoms with E-state index in [-0.39, 0.29) is 6.54 Å². The minimum Gasteiger partial charge on any atom is -0.311 e. The van der Waals surface area contributed by atoms with Crippen molar-refractivity contribution in [2.75, 3.05) is 19.6 Å². The quantitative estimate of drug-likeness (QED) is 0.602. The number of hydrogen-bond acceptors (Lipinski definition) is 2. The van der Waals surface area contributed by atoms with Gasteiger partial charge in [0.2, 0.25) is 0 Å². The molecule has 6 heteroatoms. The van der Waals surface area contributed by atoms with Crippen molar-refractivity contribution in [2.45, 2.75) is 12.6 Å². The van der Waals surface area contributed by atoms with E-state index >= 15 is 0 Å². The fourth-order valence-electron chi connectivity index (χ4n) is 0.811.